The minimum absolute atomic E-state index is 0.0617. The van der Waals surface area contributed by atoms with Gasteiger partial charge in [0.05, 0.1) is 6.61 Å². The van der Waals surface area contributed by atoms with Crippen LogP contribution < -0.4 is 9.47 Å². The van der Waals surface area contributed by atoms with Crippen molar-refractivity contribution in [3.8, 4) is 33.8 Å². The fourth-order valence-corrected chi connectivity index (χ4v) is 7.49. The van der Waals surface area contributed by atoms with Crippen LogP contribution in [0.15, 0.2) is 153 Å². The van der Waals surface area contributed by atoms with Gasteiger partial charge in [-0.2, -0.15) is 0 Å². The lowest BCUT2D eigenvalue weighted by Gasteiger charge is -2.23. The van der Waals surface area contributed by atoms with Gasteiger partial charge in [0.2, 0.25) is 0 Å². The van der Waals surface area contributed by atoms with Crippen molar-refractivity contribution in [2.24, 2.45) is 0 Å². The monoisotopic (exact) mass is 702 g/mol. The Morgan fingerprint density at radius 3 is 1.52 bits per heavy atom. The van der Waals surface area contributed by atoms with Gasteiger partial charge in [0, 0.05) is 0 Å². The number of aryl methyl sites for hydroxylation is 1. The van der Waals surface area contributed by atoms with Gasteiger partial charge in [0.1, 0.15) is 18.1 Å². The number of hydrogen-bond donors (Lipinski definition) is 0. The molecule has 0 saturated heterocycles. The van der Waals surface area contributed by atoms with Gasteiger partial charge >= 0.3 is 0 Å². The molecule has 0 heterocycles. The minimum atomic E-state index is 0.0617. The van der Waals surface area contributed by atoms with Crippen LogP contribution in [0.25, 0.3) is 66.7 Å². The fourth-order valence-electron chi connectivity index (χ4n) is 7.49. The van der Waals surface area contributed by atoms with E-state index in [0.717, 1.165) is 41.0 Å². The Kier molecular flexibility index (Phi) is 9.52. The van der Waals surface area contributed by atoms with Crippen LogP contribution in [0.2, 0.25) is 0 Å². The van der Waals surface area contributed by atoms with Gasteiger partial charge < -0.3 is 9.47 Å². The maximum atomic E-state index is 6.12. The highest BCUT2D eigenvalue weighted by atomic mass is 16.5. The highest BCUT2D eigenvalue weighted by Crippen LogP contribution is 2.45. The third-order valence-corrected chi connectivity index (χ3v) is 10.6. The summed E-state index contributed by atoms with van der Waals surface area (Å²) in [6.45, 7) is 15.7. The number of hydrogen-bond acceptors (Lipinski definition) is 2. The highest BCUT2D eigenvalue weighted by Gasteiger charge is 2.20. The predicted molar refractivity (Wildman–Crippen MR) is 231 cm³/mol. The molecule has 0 aliphatic rings. The molecule has 0 saturated carbocycles. The standard InChI is InChI=1S/C52H46O2/c1-6-35-14-24-44(25-15-35)53-30-8-9-37-10-18-39(19-11-37)48-33-49(40-20-12-38(13-21-40)34-54-45-26-16-36(7-2)17-27-45)47-29-23-42-32-43(52(3,4)5)31-41-22-28-46(48)51(47)50(41)42/h6-7,10-29,31-33H,1-2,8-9,30,34H2,3-5H3. The van der Waals surface area contributed by atoms with Crippen molar-refractivity contribution in [1.29, 1.82) is 0 Å². The third-order valence-electron chi connectivity index (χ3n) is 10.6. The third kappa shape index (κ3) is 7.13. The summed E-state index contributed by atoms with van der Waals surface area (Å²) in [5.74, 6) is 1.75. The quantitative estimate of drug-likeness (QED) is 0.0932. The Morgan fingerprint density at radius 1 is 0.519 bits per heavy atom. The average Bonchev–Trinajstić information content (AvgIpc) is 3.21. The van der Waals surface area contributed by atoms with Crippen LogP contribution in [0.5, 0.6) is 11.5 Å². The molecule has 2 nitrogen and oxygen atoms in total. The summed E-state index contributed by atoms with van der Waals surface area (Å²) in [6.07, 6.45) is 5.60. The molecule has 0 fully saturated rings. The summed E-state index contributed by atoms with van der Waals surface area (Å²) < 4.78 is 12.1. The van der Waals surface area contributed by atoms with Crippen molar-refractivity contribution in [3.05, 3.63) is 181 Å². The SMILES string of the molecule is C=Cc1ccc(OCCCc2ccc(-c3cc(-c4ccc(COc5ccc(C=C)cc5)cc4)c4ccc5cc(C(C)(C)C)cc6ccc3c4c65)cc2)cc1. The van der Waals surface area contributed by atoms with E-state index < -0.39 is 0 Å². The summed E-state index contributed by atoms with van der Waals surface area (Å²) in [5.41, 5.74) is 10.9. The van der Waals surface area contributed by atoms with Crippen LogP contribution >= 0.6 is 0 Å². The fraction of sp³-hybridized carbons (Fsp3) is 0.154. The molecule has 2 heteroatoms. The van der Waals surface area contributed by atoms with Crippen molar-refractivity contribution in [2.75, 3.05) is 6.61 Å². The first-order chi connectivity index (χ1) is 26.3. The predicted octanol–water partition coefficient (Wildman–Crippen LogP) is 14.1. The molecule has 0 N–H and O–H groups in total. The topological polar surface area (TPSA) is 18.5 Å². The van der Waals surface area contributed by atoms with Crippen LogP contribution in [-0.4, -0.2) is 6.61 Å². The summed E-state index contributed by atoms with van der Waals surface area (Å²) in [6, 6.07) is 50.6. The Morgan fingerprint density at radius 2 is 1.02 bits per heavy atom. The largest absolute Gasteiger partial charge is 0.494 e. The van der Waals surface area contributed by atoms with E-state index in [9.17, 15) is 0 Å². The van der Waals surface area contributed by atoms with Gasteiger partial charge in [0.15, 0.2) is 0 Å². The van der Waals surface area contributed by atoms with Crippen LogP contribution in [0.3, 0.4) is 0 Å². The number of ether oxygens (including phenoxy) is 2. The summed E-state index contributed by atoms with van der Waals surface area (Å²) in [5, 5.41) is 7.81. The summed E-state index contributed by atoms with van der Waals surface area (Å²) >= 11 is 0. The second-order valence-electron chi connectivity index (χ2n) is 15.3. The maximum Gasteiger partial charge on any atom is 0.119 e. The van der Waals surface area contributed by atoms with Gasteiger partial charge in [-0.3, -0.25) is 0 Å². The van der Waals surface area contributed by atoms with E-state index in [1.54, 1.807) is 0 Å². The van der Waals surface area contributed by atoms with Crippen molar-refractivity contribution >= 4 is 44.5 Å². The molecule has 0 unspecified atom stereocenters. The lowest BCUT2D eigenvalue weighted by atomic mass is 9.81. The molecule has 8 aromatic rings. The molecule has 0 radical (unpaired) electrons. The van der Waals surface area contributed by atoms with Crippen LogP contribution in [0.1, 0.15) is 55.0 Å². The van der Waals surface area contributed by atoms with Crippen molar-refractivity contribution < 1.29 is 9.47 Å². The van der Waals surface area contributed by atoms with Crippen molar-refractivity contribution in [1.82, 2.24) is 0 Å². The van der Waals surface area contributed by atoms with Gasteiger partial charge in [-0.1, -0.05) is 155 Å². The molecule has 54 heavy (non-hydrogen) atoms. The van der Waals surface area contributed by atoms with E-state index in [1.807, 2.05) is 60.7 Å². The smallest absolute Gasteiger partial charge is 0.119 e. The summed E-state index contributed by atoms with van der Waals surface area (Å²) in [4.78, 5) is 0. The molecule has 0 bridgehead atoms. The van der Waals surface area contributed by atoms with Gasteiger partial charge in [-0.25, -0.2) is 0 Å². The molecule has 266 valence electrons. The molecular formula is C52H46O2. The molecule has 0 amide bonds. The minimum Gasteiger partial charge on any atom is -0.494 e. The van der Waals surface area contributed by atoms with Gasteiger partial charge in [-0.05, 0) is 131 Å². The lowest BCUT2D eigenvalue weighted by molar-refractivity contribution is 0.306. The van der Waals surface area contributed by atoms with Gasteiger partial charge in [0.25, 0.3) is 0 Å². The Hall–Kier alpha value is -6.12. The molecule has 0 aliphatic carbocycles. The molecule has 0 spiro atoms. The second kappa shape index (κ2) is 14.7. The Balaban J connectivity index is 1.12. The number of benzene rings is 8. The van der Waals surface area contributed by atoms with E-state index in [0.29, 0.717) is 13.2 Å². The van der Waals surface area contributed by atoms with Crippen LogP contribution in [-0.2, 0) is 18.4 Å². The van der Waals surface area contributed by atoms with Crippen molar-refractivity contribution in [3.63, 3.8) is 0 Å². The van der Waals surface area contributed by atoms with Crippen LogP contribution in [0, 0.1) is 0 Å². The molecular weight excluding hydrogens is 657 g/mol. The van der Waals surface area contributed by atoms with Crippen molar-refractivity contribution in [2.45, 2.75) is 45.6 Å². The Bertz CT molecular complexity index is 2550. The normalized spacial score (nSPS) is 11.7. The average molecular weight is 703 g/mol. The summed E-state index contributed by atoms with van der Waals surface area (Å²) in [7, 11) is 0. The van der Waals surface area contributed by atoms with E-state index in [-0.39, 0.29) is 5.41 Å². The Labute approximate surface area is 319 Å². The first-order valence-corrected chi connectivity index (χ1v) is 18.9. The van der Waals surface area contributed by atoms with E-state index in [2.05, 4.69) is 125 Å². The van der Waals surface area contributed by atoms with E-state index in [4.69, 9.17) is 9.47 Å². The van der Waals surface area contributed by atoms with Gasteiger partial charge in [-0.15, -0.1) is 0 Å². The van der Waals surface area contributed by atoms with E-state index in [1.165, 1.54) is 65.7 Å². The van der Waals surface area contributed by atoms with Crippen LogP contribution in [0.4, 0.5) is 0 Å². The second-order valence-corrected chi connectivity index (χ2v) is 15.3. The molecule has 0 aromatic heterocycles. The molecule has 0 atom stereocenters. The zero-order chi connectivity index (χ0) is 37.2. The molecule has 8 aromatic carbocycles. The maximum absolute atomic E-state index is 6.12. The zero-order valence-electron chi connectivity index (χ0n) is 31.5. The van der Waals surface area contributed by atoms with E-state index >= 15 is 0 Å². The first-order valence-electron chi connectivity index (χ1n) is 18.9. The highest BCUT2D eigenvalue weighted by molar-refractivity contribution is 6.28. The molecule has 0 aliphatic heterocycles. The first kappa shape index (κ1) is 34.9. The molecule has 8 rings (SSSR count). The zero-order valence-corrected chi connectivity index (χ0v) is 31.5. The number of rotatable bonds is 12. The lowest BCUT2D eigenvalue weighted by Crippen LogP contribution is -2.10.